The van der Waals surface area contributed by atoms with Gasteiger partial charge in [-0.3, -0.25) is 10.1 Å². The number of aliphatic hydroxyl groups is 1. The number of hydrogen-bond acceptors (Lipinski definition) is 8. The summed E-state index contributed by atoms with van der Waals surface area (Å²) < 4.78 is 0. The molecule has 9 heteroatoms. The van der Waals surface area contributed by atoms with E-state index >= 15 is 0 Å². The number of rotatable bonds is 10. The topological polar surface area (TPSA) is 130 Å². The molecule has 1 saturated carbocycles. The number of nitro groups is 1. The zero-order valence-electron chi connectivity index (χ0n) is 20.4. The molecule has 1 aromatic carbocycles. The lowest BCUT2D eigenvalue weighted by molar-refractivity contribution is -0.384. The summed E-state index contributed by atoms with van der Waals surface area (Å²) in [5.41, 5.74) is 8.19. The molecule has 2 fully saturated rings. The van der Waals surface area contributed by atoms with Crippen molar-refractivity contribution in [2.45, 2.75) is 51.4 Å². The zero-order chi connectivity index (χ0) is 24.6. The van der Waals surface area contributed by atoms with E-state index in [2.05, 4.69) is 44.5 Å². The molecule has 2 heterocycles. The van der Waals surface area contributed by atoms with Crippen molar-refractivity contribution in [2.75, 3.05) is 43.0 Å². The third-order valence-corrected chi connectivity index (χ3v) is 7.66. The van der Waals surface area contributed by atoms with E-state index in [0.717, 1.165) is 64.6 Å². The standard InChI is InChI=1S/C26H38N6O3/c27-15-20-10-12-31(13-11-20)23-3-1-2-19(14-23)8-9-25-28-17-24(32(34)35)26(30-25)29-16-21-4-6-22(18-33)7-5-21/h1-3,14,17,20-22,33H,4-13,15-16,18,27H2,(H,28,29,30). The number of aromatic nitrogens is 2. The Bertz CT molecular complexity index is 971. The summed E-state index contributed by atoms with van der Waals surface area (Å²) in [5, 5.41) is 24.1. The Hall–Kier alpha value is -2.78. The highest BCUT2D eigenvalue weighted by molar-refractivity contribution is 5.54. The number of aliphatic hydroxyl groups excluding tert-OH is 1. The second-order valence-electron chi connectivity index (χ2n) is 10.1. The molecule has 1 saturated heterocycles. The van der Waals surface area contributed by atoms with Crippen LogP contribution >= 0.6 is 0 Å². The zero-order valence-corrected chi connectivity index (χ0v) is 20.4. The Kier molecular flexibility index (Phi) is 8.87. The van der Waals surface area contributed by atoms with Gasteiger partial charge in [0.25, 0.3) is 0 Å². The molecule has 1 aliphatic heterocycles. The van der Waals surface area contributed by atoms with Gasteiger partial charge in [0.05, 0.1) is 4.92 Å². The van der Waals surface area contributed by atoms with E-state index in [4.69, 9.17) is 5.73 Å². The highest BCUT2D eigenvalue weighted by Crippen LogP contribution is 2.30. The van der Waals surface area contributed by atoms with E-state index in [-0.39, 0.29) is 12.3 Å². The number of piperidine rings is 1. The van der Waals surface area contributed by atoms with Gasteiger partial charge < -0.3 is 21.1 Å². The van der Waals surface area contributed by atoms with Crippen LogP contribution < -0.4 is 16.0 Å². The SMILES string of the molecule is NCC1CCN(c2cccc(CCc3ncc([N+](=O)[O-])c(NCC4CCC(CO)CC4)n3)c2)CC1. The smallest absolute Gasteiger partial charge is 0.329 e. The molecule has 4 N–H and O–H groups in total. The first-order chi connectivity index (χ1) is 17.1. The van der Waals surface area contributed by atoms with E-state index in [9.17, 15) is 15.2 Å². The first kappa shape index (κ1) is 25.3. The monoisotopic (exact) mass is 482 g/mol. The van der Waals surface area contributed by atoms with Crippen molar-refractivity contribution in [3.63, 3.8) is 0 Å². The van der Waals surface area contributed by atoms with Crippen LogP contribution in [0.5, 0.6) is 0 Å². The van der Waals surface area contributed by atoms with Crippen LogP contribution in [0, 0.1) is 27.9 Å². The summed E-state index contributed by atoms with van der Waals surface area (Å²) in [6.45, 7) is 3.74. The Labute approximate surface area is 207 Å². The number of nitrogens with two attached hydrogens (primary N) is 1. The molecule has 1 aliphatic carbocycles. The third kappa shape index (κ3) is 6.89. The van der Waals surface area contributed by atoms with Crippen molar-refractivity contribution in [2.24, 2.45) is 23.5 Å². The van der Waals surface area contributed by atoms with Crippen molar-refractivity contribution in [1.29, 1.82) is 0 Å². The molecule has 9 nitrogen and oxygen atoms in total. The van der Waals surface area contributed by atoms with Gasteiger partial charge in [-0.25, -0.2) is 9.97 Å². The highest BCUT2D eigenvalue weighted by atomic mass is 16.6. The molecule has 1 aromatic heterocycles. The van der Waals surface area contributed by atoms with Gasteiger partial charge in [-0.2, -0.15) is 0 Å². The van der Waals surface area contributed by atoms with Crippen molar-refractivity contribution in [1.82, 2.24) is 9.97 Å². The molecule has 35 heavy (non-hydrogen) atoms. The van der Waals surface area contributed by atoms with Gasteiger partial charge in [0.15, 0.2) is 0 Å². The maximum absolute atomic E-state index is 11.5. The quantitative estimate of drug-likeness (QED) is 0.346. The highest BCUT2D eigenvalue weighted by Gasteiger charge is 2.23. The van der Waals surface area contributed by atoms with Crippen LogP contribution in [-0.2, 0) is 12.8 Å². The van der Waals surface area contributed by atoms with Crippen LogP contribution in [0.1, 0.15) is 49.9 Å². The molecule has 2 aromatic rings. The van der Waals surface area contributed by atoms with Gasteiger partial charge in [0.1, 0.15) is 12.0 Å². The molecule has 4 rings (SSSR count). The molecule has 190 valence electrons. The summed E-state index contributed by atoms with van der Waals surface area (Å²) in [7, 11) is 0. The van der Waals surface area contributed by atoms with Crippen molar-refractivity contribution in [3.8, 4) is 0 Å². The minimum atomic E-state index is -0.425. The molecule has 0 amide bonds. The summed E-state index contributed by atoms with van der Waals surface area (Å²) >= 11 is 0. The minimum Gasteiger partial charge on any atom is -0.396 e. The largest absolute Gasteiger partial charge is 0.396 e. The van der Waals surface area contributed by atoms with Crippen LogP contribution in [0.25, 0.3) is 0 Å². The summed E-state index contributed by atoms with van der Waals surface area (Å²) in [6.07, 6.45) is 9.03. The molecule has 2 aliphatic rings. The average Bonchev–Trinajstić information content (AvgIpc) is 2.91. The van der Waals surface area contributed by atoms with E-state index < -0.39 is 4.92 Å². The number of benzene rings is 1. The van der Waals surface area contributed by atoms with Gasteiger partial charge in [0.2, 0.25) is 5.82 Å². The number of anilines is 2. The maximum Gasteiger partial charge on any atom is 0.329 e. The van der Waals surface area contributed by atoms with Crippen molar-refractivity contribution < 1.29 is 10.0 Å². The fraction of sp³-hybridized carbons (Fsp3) is 0.615. The number of nitrogens with zero attached hydrogens (tertiary/aromatic N) is 4. The van der Waals surface area contributed by atoms with Crippen LogP contribution in [0.2, 0.25) is 0 Å². The second kappa shape index (κ2) is 12.3. The van der Waals surface area contributed by atoms with Gasteiger partial charge in [-0.05, 0) is 86.9 Å². The Morgan fingerprint density at radius 3 is 2.51 bits per heavy atom. The van der Waals surface area contributed by atoms with Crippen LogP contribution in [-0.4, -0.2) is 52.8 Å². The van der Waals surface area contributed by atoms with Gasteiger partial charge >= 0.3 is 5.69 Å². The lowest BCUT2D eigenvalue weighted by atomic mass is 9.82. The molecule has 0 bridgehead atoms. The van der Waals surface area contributed by atoms with Crippen molar-refractivity contribution >= 4 is 17.2 Å². The van der Waals surface area contributed by atoms with E-state index in [1.165, 1.54) is 17.4 Å². The Morgan fingerprint density at radius 2 is 1.83 bits per heavy atom. The Balaban J connectivity index is 1.36. The third-order valence-electron chi connectivity index (χ3n) is 7.66. The predicted octanol–water partition coefficient (Wildman–Crippen LogP) is 3.56. The fourth-order valence-corrected chi connectivity index (χ4v) is 5.25. The molecule has 0 spiro atoms. The first-order valence-corrected chi connectivity index (χ1v) is 12.9. The summed E-state index contributed by atoms with van der Waals surface area (Å²) in [6, 6.07) is 8.60. The lowest BCUT2D eigenvalue weighted by Gasteiger charge is -2.33. The summed E-state index contributed by atoms with van der Waals surface area (Å²) in [4.78, 5) is 22.3. The number of hydrogen-bond donors (Lipinski definition) is 3. The fourth-order valence-electron chi connectivity index (χ4n) is 5.25. The predicted molar refractivity (Wildman–Crippen MR) is 138 cm³/mol. The lowest BCUT2D eigenvalue weighted by Crippen LogP contribution is -2.36. The van der Waals surface area contributed by atoms with Crippen LogP contribution in [0.3, 0.4) is 0 Å². The normalized spacial score (nSPS) is 21.1. The second-order valence-corrected chi connectivity index (χ2v) is 10.1. The maximum atomic E-state index is 11.5. The van der Waals surface area contributed by atoms with E-state index in [1.807, 2.05) is 0 Å². The molecular weight excluding hydrogens is 444 g/mol. The van der Waals surface area contributed by atoms with Crippen LogP contribution in [0.15, 0.2) is 30.5 Å². The van der Waals surface area contributed by atoms with Crippen molar-refractivity contribution in [3.05, 3.63) is 52.0 Å². The van der Waals surface area contributed by atoms with Gasteiger partial charge in [0, 0.05) is 38.3 Å². The first-order valence-electron chi connectivity index (χ1n) is 12.9. The van der Waals surface area contributed by atoms with Gasteiger partial charge in [-0.15, -0.1) is 0 Å². The molecular formula is C26H38N6O3. The number of aryl methyl sites for hydroxylation is 2. The molecule has 0 atom stereocenters. The summed E-state index contributed by atoms with van der Waals surface area (Å²) in [5.74, 6) is 2.38. The van der Waals surface area contributed by atoms with Gasteiger partial charge in [-0.1, -0.05) is 12.1 Å². The Morgan fingerprint density at radius 1 is 1.09 bits per heavy atom. The van der Waals surface area contributed by atoms with E-state index in [1.54, 1.807) is 0 Å². The average molecular weight is 483 g/mol. The minimum absolute atomic E-state index is 0.0827. The molecule has 0 radical (unpaired) electrons. The van der Waals surface area contributed by atoms with E-state index in [0.29, 0.717) is 42.4 Å². The number of nitrogens with one attached hydrogen (secondary N) is 1. The molecule has 0 unspecified atom stereocenters. The van der Waals surface area contributed by atoms with Crippen LogP contribution in [0.4, 0.5) is 17.2 Å².